The highest BCUT2D eigenvalue weighted by molar-refractivity contribution is 4.74. The second-order valence-corrected chi connectivity index (χ2v) is 3.20. The summed E-state index contributed by atoms with van der Waals surface area (Å²) in [4.78, 5) is 0. The number of hydrogen-bond acceptors (Lipinski definition) is 0. The van der Waals surface area contributed by atoms with Crippen molar-refractivity contribution in [3.63, 3.8) is 0 Å². The lowest BCUT2D eigenvalue weighted by atomic mass is 9.93. The SMILES string of the molecule is CC1[CH]CCCCCC1. The van der Waals surface area contributed by atoms with Crippen molar-refractivity contribution in [2.45, 2.75) is 45.4 Å². The van der Waals surface area contributed by atoms with Gasteiger partial charge in [0.25, 0.3) is 0 Å². The van der Waals surface area contributed by atoms with Crippen molar-refractivity contribution < 1.29 is 0 Å². The second-order valence-electron chi connectivity index (χ2n) is 3.20. The largest absolute Gasteiger partial charge is 0.0622 e. The molecule has 1 aliphatic rings. The molecule has 0 heterocycles. The maximum absolute atomic E-state index is 2.49. The fourth-order valence-electron chi connectivity index (χ4n) is 1.48. The van der Waals surface area contributed by atoms with E-state index in [1.807, 2.05) is 0 Å². The quantitative estimate of drug-likeness (QED) is 0.466. The van der Waals surface area contributed by atoms with E-state index < -0.39 is 0 Å². The molecule has 0 bridgehead atoms. The van der Waals surface area contributed by atoms with E-state index in [0.29, 0.717) is 0 Å². The predicted octanol–water partition coefficient (Wildman–Crippen LogP) is 3.18. The van der Waals surface area contributed by atoms with Crippen molar-refractivity contribution in [3.05, 3.63) is 6.42 Å². The smallest absolute Gasteiger partial charge is 0.0358 e. The zero-order chi connectivity index (χ0) is 6.53. The van der Waals surface area contributed by atoms with Crippen LogP contribution in [-0.4, -0.2) is 0 Å². The molecule has 1 aliphatic carbocycles. The summed E-state index contributed by atoms with van der Waals surface area (Å²) in [6, 6.07) is 0. The van der Waals surface area contributed by atoms with Gasteiger partial charge in [-0.25, -0.2) is 0 Å². The Kier molecular flexibility index (Phi) is 3.10. The minimum Gasteiger partial charge on any atom is -0.0622 e. The van der Waals surface area contributed by atoms with E-state index in [2.05, 4.69) is 13.3 Å². The van der Waals surface area contributed by atoms with Crippen LogP contribution in [0, 0.1) is 12.3 Å². The van der Waals surface area contributed by atoms with Gasteiger partial charge in [-0.05, 0) is 18.8 Å². The topological polar surface area (TPSA) is 0 Å². The van der Waals surface area contributed by atoms with Gasteiger partial charge in [-0.2, -0.15) is 0 Å². The van der Waals surface area contributed by atoms with Crippen LogP contribution in [0.15, 0.2) is 0 Å². The third-order valence-corrected chi connectivity index (χ3v) is 2.18. The summed E-state index contributed by atoms with van der Waals surface area (Å²) in [7, 11) is 0. The summed E-state index contributed by atoms with van der Waals surface area (Å²) in [6.07, 6.45) is 11.1. The highest BCUT2D eigenvalue weighted by Crippen LogP contribution is 2.20. The normalized spacial score (nSPS) is 25.0. The van der Waals surface area contributed by atoms with E-state index in [4.69, 9.17) is 0 Å². The lowest BCUT2D eigenvalue weighted by Crippen LogP contribution is -1.98. The summed E-state index contributed by atoms with van der Waals surface area (Å²) >= 11 is 0. The lowest BCUT2D eigenvalue weighted by molar-refractivity contribution is 0.480. The number of hydrogen-bond donors (Lipinski definition) is 0. The van der Waals surface area contributed by atoms with Crippen molar-refractivity contribution in [2.75, 3.05) is 0 Å². The molecule has 0 aromatic carbocycles. The van der Waals surface area contributed by atoms with Gasteiger partial charge in [-0.3, -0.25) is 0 Å². The molecule has 53 valence electrons. The molecule has 0 N–H and O–H groups in total. The van der Waals surface area contributed by atoms with Crippen LogP contribution in [0.2, 0.25) is 0 Å². The van der Waals surface area contributed by atoms with Crippen LogP contribution < -0.4 is 0 Å². The molecule has 0 heteroatoms. The molecule has 0 aliphatic heterocycles. The molecule has 1 fully saturated rings. The van der Waals surface area contributed by atoms with E-state index >= 15 is 0 Å². The van der Waals surface area contributed by atoms with Gasteiger partial charge in [-0.1, -0.05) is 39.0 Å². The first kappa shape index (κ1) is 7.11. The Bertz CT molecular complexity index is 58.4. The van der Waals surface area contributed by atoms with Gasteiger partial charge < -0.3 is 0 Å². The minimum atomic E-state index is 0.894. The van der Waals surface area contributed by atoms with E-state index in [1.165, 1.54) is 38.5 Å². The van der Waals surface area contributed by atoms with Crippen molar-refractivity contribution in [3.8, 4) is 0 Å². The number of rotatable bonds is 0. The van der Waals surface area contributed by atoms with Crippen LogP contribution in [-0.2, 0) is 0 Å². The standard InChI is InChI=1S/C9H17/c1-9-7-5-3-2-4-6-8-9/h7,9H,2-6,8H2,1H3. The fraction of sp³-hybridized carbons (Fsp3) is 0.889. The Hall–Kier alpha value is 0. The molecular formula is C9H17. The molecule has 0 nitrogen and oxygen atoms in total. The van der Waals surface area contributed by atoms with E-state index in [-0.39, 0.29) is 0 Å². The molecule has 0 spiro atoms. The summed E-state index contributed by atoms with van der Waals surface area (Å²) in [6.45, 7) is 2.34. The third-order valence-electron chi connectivity index (χ3n) is 2.18. The zero-order valence-electron chi connectivity index (χ0n) is 6.40. The predicted molar refractivity (Wildman–Crippen MR) is 41.2 cm³/mol. The molecule has 0 amide bonds. The average molecular weight is 125 g/mol. The molecule has 1 unspecified atom stereocenters. The zero-order valence-corrected chi connectivity index (χ0v) is 6.40. The van der Waals surface area contributed by atoms with Gasteiger partial charge >= 0.3 is 0 Å². The van der Waals surface area contributed by atoms with Crippen molar-refractivity contribution in [1.82, 2.24) is 0 Å². The maximum atomic E-state index is 2.49. The van der Waals surface area contributed by atoms with E-state index in [9.17, 15) is 0 Å². The van der Waals surface area contributed by atoms with Crippen LogP contribution in [0.1, 0.15) is 45.4 Å². The van der Waals surface area contributed by atoms with Gasteiger partial charge in [-0.15, -0.1) is 0 Å². The molecule has 1 radical (unpaired) electrons. The van der Waals surface area contributed by atoms with Gasteiger partial charge in [0.2, 0.25) is 0 Å². The summed E-state index contributed by atoms with van der Waals surface area (Å²) in [5, 5.41) is 0. The first-order valence-corrected chi connectivity index (χ1v) is 4.23. The molecule has 1 rings (SSSR count). The van der Waals surface area contributed by atoms with Gasteiger partial charge in [0.1, 0.15) is 0 Å². The van der Waals surface area contributed by atoms with Crippen LogP contribution >= 0.6 is 0 Å². The second kappa shape index (κ2) is 3.92. The van der Waals surface area contributed by atoms with Crippen molar-refractivity contribution >= 4 is 0 Å². The van der Waals surface area contributed by atoms with Crippen molar-refractivity contribution in [1.29, 1.82) is 0 Å². The van der Waals surface area contributed by atoms with E-state index in [0.717, 1.165) is 5.92 Å². The molecule has 1 saturated carbocycles. The summed E-state index contributed by atoms with van der Waals surface area (Å²) < 4.78 is 0. The highest BCUT2D eigenvalue weighted by atomic mass is 14.1. The first-order chi connectivity index (χ1) is 4.39. The molecule has 0 saturated heterocycles. The van der Waals surface area contributed by atoms with Crippen molar-refractivity contribution in [2.24, 2.45) is 5.92 Å². The molecule has 9 heavy (non-hydrogen) atoms. The Morgan fingerprint density at radius 3 is 2.78 bits per heavy atom. The van der Waals surface area contributed by atoms with Gasteiger partial charge in [0, 0.05) is 0 Å². The Balaban J connectivity index is 2.12. The average Bonchev–Trinajstić information content (AvgIpc) is 1.79. The van der Waals surface area contributed by atoms with Crippen LogP contribution in [0.25, 0.3) is 0 Å². The minimum absolute atomic E-state index is 0.894. The fourth-order valence-corrected chi connectivity index (χ4v) is 1.48. The highest BCUT2D eigenvalue weighted by Gasteiger charge is 2.04. The van der Waals surface area contributed by atoms with Gasteiger partial charge in [0.05, 0.1) is 0 Å². The van der Waals surface area contributed by atoms with Gasteiger partial charge in [0.15, 0.2) is 0 Å². The van der Waals surface area contributed by atoms with Crippen LogP contribution in [0.4, 0.5) is 0 Å². The molecule has 0 aromatic heterocycles. The molecule has 1 atom stereocenters. The molecular weight excluding hydrogens is 108 g/mol. The van der Waals surface area contributed by atoms with Crippen LogP contribution in [0.3, 0.4) is 0 Å². The van der Waals surface area contributed by atoms with E-state index in [1.54, 1.807) is 0 Å². The summed E-state index contributed by atoms with van der Waals surface area (Å²) in [5.74, 6) is 0.894. The van der Waals surface area contributed by atoms with Crippen LogP contribution in [0.5, 0.6) is 0 Å². The Labute approximate surface area is 58.7 Å². The third kappa shape index (κ3) is 2.88. The Morgan fingerprint density at radius 1 is 1.11 bits per heavy atom. The summed E-state index contributed by atoms with van der Waals surface area (Å²) in [5.41, 5.74) is 0. The first-order valence-electron chi connectivity index (χ1n) is 4.23. The maximum Gasteiger partial charge on any atom is -0.0358 e. The monoisotopic (exact) mass is 125 g/mol. The Morgan fingerprint density at radius 2 is 1.89 bits per heavy atom. The molecule has 0 aromatic rings. The lowest BCUT2D eigenvalue weighted by Gasteiger charge is -2.13.